The van der Waals surface area contributed by atoms with E-state index in [9.17, 15) is 0 Å². The van der Waals surface area contributed by atoms with Crippen molar-refractivity contribution < 1.29 is 4.74 Å². The van der Waals surface area contributed by atoms with Crippen molar-refractivity contribution in [3.05, 3.63) is 30.5 Å². The Labute approximate surface area is 156 Å². The molecule has 4 nitrogen and oxygen atoms in total. The molecule has 3 fully saturated rings. The number of para-hydroxylation sites is 1. The highest BCUT2D eigenvalue weighted by atomic mass is 16.5. The third-order valence-electron chi connectivity index (χ3n) is 6.66. The van der Waals surface area contributed by atoms with Crippen molar-refractivity contribution in [2.75, 3.05) is 13.2 Å². The molecule has 1 saturated carbocycles. The van der Waals surface area contributed by atoms with Gasteiger partial charge in [0, 0.05) is 37.2 Å². The number of hydrogen-bond donors (Lipinski definition) is 0. The second-order valence-corrected chi connectivity index (χ2v) is 8.94. The van der Waals surface area contributed by atoms with Crippen LogP contribution in [0.3, 0.4) is 0 Å². The molecule has 0 spiro atoms. The van der Waals surface area contributed by atoms with Crippen molar-refractivity contribution in [2.24, 2.45) is 11.8 Å². The van der Waals surface area contributed by atoms with Gasteiger partial charge >= 0.3 is 0 Å². The van der Waals surface area contributed by atoms with Gasteiger partial charge in [0.05, 0.1) is 17.8 Å². The number of hydrogen-bond acceptors (Lipinski definition) is 3. The molecule has 1 aromatic heterocycles. The predicted octanol–water partition coefficient (Wildman–Crippen LogP) is 4.09. The van der Waals surface area contributed by atoms with E-state index in [0.29, 0.717) is 12.0 Å². The third-order valence-corrected chi connectivity index (χ3v) is 6.66. The summed E-state index contributed by atoms with van der Waals surface area (Å²) in [6.07, 6.45) is 10.5. The van der Waals surface area contributed by atoms with Gasteiger partial charge in [-0.25, -0.2) is 0 Å². The van der Waals surface area contributed by atoms with E-state index >= 15 is 0 Å². The topological polar surface area (TPSA) is 30.3 Å². The maximum Gasteiger partial charge on any atom is 0.0682 e. The molecule has 1 unspecified atom stereocenters. The summed E-state index contributed by atoms with van der Waals surface area (Å²) in [5.41, 5.74) is 1.26. The fourth-order valence-corrected chi connectivity index (χ4v) is 5.10. The van der Waals surface area contributed by atoms with E-state index in [1.54, 1.807) is 0 Å². The maximum absolute atomic E-state index is 6.23. The van der Waals surface area contributed by atoms with Crippen molar-refractivity contribution in [2.45, 2.75) is 70.2 Å². The summed E-state index contributed by atoms with van der Waals surface area (Å²) in [5, 5.41) is 5.86. The summed E-state index contributed by atoms with van der Waals surface area (Å²) >= 11 is 0. The van der Waals surface area contributed by atoms with Gasteiger partial charge in [0.2, 0.25) is 0 Å². The van der Waals surface area contributed by atoms with E-state index in [-0.39, 0.29) is 0 Å². The molecule has 0 radical (unpaired) electrons. The number of piperidine rings is 1. The molecule has 2 bridgehead atoms. The second kappa shape index (κ2) is 6.97. The molecule has 1 aromatic carbocycles. The van der Waals surface area contributed by atoms with Crippen LogP contribution >= 0.6 is 0 Å². The molecule has 5 rings (SSSR count). The SMILES string of the molecule is CC(CN1[C@@H]2CC[C@H]1C[C@@H](OCC1CC1)C2)Cn1ncc2ccccc21. The molecule has 26 heavy (non-hydrogen) atoms. The number of fused-ring (bicyclic) bond motifs is 3. The van der Waals surface area contributed by atoms with Crippen LogP contribution in [0.5, 0.6) is 0 Å². The Morgan fingerprint density at radius 3 is 2.62 bits per heavy atom. The zero-order valence-electron chi connectivity index (χ0n) is 15.9. The van der Waals surface area contributed by atoms with Gasteiger partial charge in [0.1, 0.15) is 0 Å². The van der Waals surface area contributed by atoms with Gasteiger partial charge in [-0.3, -0.25) is 9.58 Å². The van der Waals surface area contributed by atoms with Gasteiger partial charge in [-0.05, 0) is 56.4 Å². The molecule has 4 atom stereocenters. The van der Waals surface area contributed by atoms with Crippen molar-refractivity contribution >= 4 is 10.9 Å². The Morgan fingerprint density at radius 1 is 1.08 bits per heavy atom. The number of benzene rings is 1. The molecule has 140 valence electrons. The molecule has 2 saturated heterocycles. The smallest absolute Gasteiger partial charge is 0.0682 e. The lowest BCUT2D eigenvalue weighted by Crippen LogP contribution is -2.47. The van der Waals surface area contributed by atoms with Crippen LogP contribution in [-0.2, 0) is 11.3 Å². The lowest BCUT2D eigenvalue weighted by molar-refractivity contribution is -0.0276. The van der Waals surface area contributed by atoms with Crippen LogP contribution in [0, 0.1) is 11.8 Å². The van der Waals surface area contributed by atoms with Crippen LogP contribution in [0.25, 0.3) is 10.9 Å². The van der Waals surface area contributed by atoms with E-state index in [1.165, 1.54) is 56.0 Å². The minimum atomic E-state index is 0.523. The first-order valence-electron chi connectivity index (χ1n) is 10.5. The minimum absolute atomic E-state index is 0.523. The lowest BCUT2D eigenvalue weighted by Gasteiger charge is -2.40. The summed E-state index contributed by atoms with van der Waals surface area (Å²) in [7, 11) is 0. The van der Waals surface area contributed by atoms with E-state index in [4.69, 9.17) is 4.74 Å². The minimum Gasteiger partial charge on any atom is -0.378 e. The van der Waals surface area contributed by atoms with Crippen LogP contribution in [-0.4, -0.2) is 46.0 Å². The number of rotatable bonds is 7. The highest BCUT2D eigenvalue weighted by molar-refractivity contribution is 5.78. The summed E-state index contributed by atoms with van der Waals surface area (Å²) < 4.78 is 8.42. The van der Waals surface area contributed by atoms with E-state index < -0.39 is 0 Å². The fraction of sp³-hybridized carbons (Fsp3) is 0.682. The highest BCUT2D eigenvalue weighted by Gasteiger charge is 2.41. The Balaban J connectivity index is 1.18. The molecular formula is C22H31N3O. The predicted molar refractivity (Wildman–Crippen MR) is 104 cm³/mol. The zero-order chi connectivity index (χ0) is 17.5. The van der Waals surface area contributed by atoms with Crippen molar-refractivity contribution in [1.29, 1.82) is 0 Å². The first kappa shape index (κ1) is 16.8. The Kier molecular flexibility index (Phi) is 4.49. The number of nitrogens with zero attached hydrogens (tertiary/aromatic N) is 3. The Morgan fingerprint density at radius 2 is 1.85 bits per heavy atom. The summed E-state index contributed by atoms with van der Waals surface area (Å²) in [5.74, 6) is 1.50. The van der Waals surface area contributed by atoms with Crippen LogP contribution < -0.4 is 0 Å². The van der Waals surface area contributed by atoms with Crippen LogP contribution in [0.1, 0.15) is 45.4 Å². The third kappa shape index (κ3) is 3.41. The highest BCUT2D eigenvalue weighted by Crippen LogP contribution is 2.38. The monoisotopic (exact) mass is 353 g/mol. The van der Waals surface area contributed by atoms with Crippen molar-refractivity contribution in [1.82, 2.24) is 14.7 Å². The number of ether oxygens (including phenoxy) is 1. The largest absolute Gasteiger partial charge is 0.378 e. The molecule has 1 aliphatic carbocycles. The molecule has 4 heteroatoms. The Hall–Kier alpha value is -1.39. The molecule has 0 amide bonds. The van der Waals surface area contributed by atoms with Crippen molar-refractivity contribution in [3.63, 3.8) is 0 Å². The van der Waals surface area contributed by atoms with Gasteiger partial charge in [-0.15, -0.1) is 0 Å². The first-order chi connectivity index (χ1) is 12.8. The fourth-order valence-electron chi connectivity index (χ4n) is 5.10. The van der Waals surface area contributed by atoms with Gasteiger partial charge < -0.3 is 4.74 Å². The van der Waals surface area contributed by atoms with Crippen molar-refractivity contribution in [3.8, 4) is 0 Å². The van der Waals surface area contributed by atoms with Crippen LogP contribution in [0.2, 0.25) is 0 Å². The van der Waals surface area contributed by atoms with Gasteiger partial charge in [0.15, 0.2) is 0 Å². The normalized spacial score (nSPS) is 30.1. The quantitative estimate of drug-likeness (QED) is 0.751. The van der Waals surface area contributed by atoms with Crippen LogP contribution in [0.4, 0.5) is 0 Å². The van der Waals surface area contributed by atoms with E-state index in [0.717, 1.165) is 31.2 Å². The molecule has 2 aliphatic heterocycles. The van der Waals surface area contributed by atoms with Crippen LogP contribution in [0.15, 0.2) is 30.5 Å². The summed E-state index contributed by atoms with van der Waals surface area (Å²) in [4.78, 5) is 2.80. The summed E-state index contributed by atoms with van der Waals surface area (Å²) in [6.45, 7) is 5.60. The standard InChI is InChI=1S/C22H31N3O/c1-16(14-25-22-5-3-2-4-18(22)12-23-25)13-24-19-8-9-20(24)11-21(10-19)26-15-17-6-7-17/h2-5,12,16-17,19-21H,6-11,13-15H2,1H3/t16?,19-,20+,21+. The maximum atomic E-state index is 6.23. The van der Waals surface area contributed by atoms with E-state index in [2.05, 4.69) is 45.9 Å². The average Bonchev–Trinajstić information content (AvgIpc) is 3.36. The molecule has 2 aromatic rings. The van der Waals surface area contributed by atoms with E-state index in [1.807, 2.05) is 6.20 Å². The first-order valence-corrected chi connectivity index (χ1v) is 10.5. The summed E-state index contributed by atoms with van der Waals surface area (Å²) in [6, 6.07) is 10.0. The molecule has 0 N–H and O–H groups in total. The average molecular weight is 354 g/mol. The zero-order valence-corrected chi connectivity index (χ0v) is 15.9. The van der Waals surface area contributed by atoms with Gasteiger partial charge in [0.25, 0.3) is 0 Å². The number of aromatic nitrogens is 2. The molecular weight excluding hydrogens is 322 g/mol. The van der Waals surface area contributed by atoms with Gasteiger partial charge in [-0.2, -0.15) is 5.10 Å². The second-order valence-electron chi connectivity index (χ2n) is 8.94. The Bertz CT molecular complexity index is 739. The molecule has 3 aliphatic rings. The molecule has 3 heterocycles. The van der Waals surface area contributed by atoms with Gasteiger partial charge in [-0.1, -0.05) is 25.1 Å². The lowest BCUT2D eigenvalue weighted by atomic mass is 9.98.